The average Bonchev–Trinajstić information content (AvgIpc) is 2.85. The van der Waals surface area contributed by atoms with Gasteiger partial charge < -0.3 is 14.9 Å². The van der Waals surface area contributed by atoms with Gasteiger partial charge in [0, 0.05) is 5.92 Å². The predicted octanol–water partition coefficient (Wildman–Crippen LogP) is 0.635. The summed E-state index contributed by atoms with van der Waals surface area (Å²) in [4.78, 5) is 11.7. The van der Waals surface area contributed by atoms with Crippen molar-refractivity contribution in [3.8, 4) is 0 Å². The van der Waals surface area contributed by atoms with Crippen LogP contribution < -0.4 is 0 Å². The molecule has 6 atom stereocenters. The maximum Gasteiger partial charge on any atom is 0.312 e. The van der Waals surface area contributed by atoms with Crippen LogP contribution in [0.15, 0.2) is 0 Å². The number of carboxylic acids is 1. The minimum Gasteiger partial charge on any atom is -0.481 e. The molecular formula is C12H16O4. The molecule has 16 heavy (non-hydrogen) atoms. The molecule has 3 saturated carbocycles. The first-order valence-electron chi connectivity index (χ1n) is 6.21. The molecule has 88 valence electrons. The molecule has 6 unspecified atom stereocenters. The highest BCUT2D eigenvalue weighted by Gasteiger charge is 2.73. The van der Waals surface area contributed by atoms with Gasteiger partial charge in [-0.3, -0.25) is 4.79 Å². The van der Waals surface area contributed by atoms with Crippen LogP contribution in [0.5, 0.6) is 0 Å². The van der Waals surface area contributed by atoms with Crippen LogP contribution in [0, 0.1) is 23.2 Å². The Morgan fingerprint density at radius 1 is 1.31 bits per heavy atom. The van der Waals surface area contributed by atoms with E-state index < -0.39 is 17.5 Å². The molecule has 4 heteroatoms. The van der Waals surface area contributed by atoms with Crippen LogP contribution in [-0.2, 0) is 9.53 Å². The van der Waals surface area contributed by atoms with Crippen molar-refractivity contribution in [2.24, 2.45) is 23.2 Å². The van der Waals surface area contributed by atoms with Crippen molar-refractivity contribution in [3.05, 3.63) is 0 Å². The van der Waals surface area contributed by atoms with Crippen molar-refractivity contribution in [2.45, 2.75) is 44.0 Å². The van der Waals surface area contributed by atoms with Crippen LogP contribution in [0.4, 0.5) is 0 Å². The number of fused-ring (bicyclic) bond motifs is 1. The number of carbonyl (C=O) groups is 1. The molecular weight excluding hydrogens is 208 g/mol. The molecule has 4 aliphatic rings. The number of aliphatic hydroxyl groups excluding tert-OH is 1. The van der Waals surface area contributed by atoms with E-state index in [9.17, 15) is 15.0 Å². The van der Waals surface area contributed by atoms with E-state index >= 15 is 0 Å². The zero-order valence-electron chi connectivity index (χ0n) is 9.00. The average molecular weight is 224 g/mol. The Balaban J connectivity index is 1.80. The SMILES string of the molecule is O=C(O)C12CC3CC1C(OC2C1CC1)C3O. The van der Waals surface area contributed by atoms with Crippen molar-refractivity contribution < 1.29 is 19.7 Å². The fraction of sp³-hybridized carbons (Fsp3) is 0.917. The minimum absolute atomic E-state index is 0.0654. The summed E-state index contributed by atoms with van der Waals surface area (Å²) in [5.41, 5.74) is -0.657. The van der Waals surface area contributed by atoms with Crippen LogP contribution >= 0.6 is 0 Å². The molecule has 0 aromatic heterocycles. The summed E-state index contributed by atoms with van der Waals surface area (Å²) in [7, 11) is 0. The summed E-state index contributed by atoms with van der Waals surface area (Å²) in [5.74, 6) is -0.0237. The molecule has 0 spiro atoms. The van der Waals surface area contributed by atoms with Gasteiger partial charge in [0.05, 0.1) is 23.7 Å². The third-order valence-corrected chi connectivity index (χ3v) is 5.29. The van der Waals surface area contributed by atoms with Crippen LogP contribution in [0.1, 0.15) is 25.7 Å². The quantitative estimate of drug-likeness (QED) is 0.722. The first-order valence-corrected chi connectivity index (χ1v) is 6.21. The Morgan fingerprint density at radius 3 is 2.62 bits per heavy atom. The smallest absolute Gasteiger partial charge is 0.312 e. The molecule has 0 aromatic carbocycles. The molecule has 4 rings (SSSR count). The lowest BCUT2D eigenvalue weighted by molar-refractivity contribution is -0.154. The van der Waals surface area contributed by atoms with E-state index in [1.807, 2.05) is 0 Å². The van der Waals surface area contributed by atoms with Gasteiger partial charge in [-0.15, -0.1) is 0 Å². The largest absolute Gasteiger partial charge is 0.481 e. The molecule has 1 heterocycles. The van der Waals surface area contributed by atoms with Gasteiger partial charge in [0.15, 0.2) is 0 Å². The Kier molecular flexibility index (Phi) is 1.54. The second-order valence-corrected chi connectivity index (χ2v) is 6.00. The zero-order valence-corrected chi connectivity index (χ0v) is 9.00. The van der Waals surface area contributed by atoms with Gasteiger partial charge in [-0.2, -0.15) is 0 Å². The Labute approximate surface area is 93.6 Å². The van der Waals surface area contributed by atoms with Gasteiger partial charge in [0.1, 0.15) is 0 Å². The maximum absolute atomic E-state index is 11.7. The van der Waals surface area contributed by atoms with Crippen LogP contribution in [0.3, 0.4) is 0 Å². The van der Waals surface area contributed by atoms with E-state index in [2.05, 4.69) is 0 Å². The standard InChI is InChI=1S/C12H16O4/c13-8-6-3-7-9(8)16-10(5-1-2-5)12(7,4-6)11(14)15/h5-10,13H,1-4H2,(H,14,15). The van der Waals surface area contributed by atoms with E-state index in [-0.39, 0.29) is 24.0 Å². The van der Waals surface area contributed by atoms with Gasteiger partial charge in [-0.25, -0.2) is 0 Å². The first-order chi connectivity index (χ1) is 7.64. The lowest BCUT2D eigenvalue weighted by Crippen LogP contribution is -2.45. The fourth-order valence-electron chi connectivity index (χ4n) is 4.49. The van der Waals surface area contributed by atoms with Gasteiger partial charge in [0.25, 0.3) is 0 Å². The lowest BCUT2D eigenvalue weighted by atomic mass is 9.69. The topological polar surface area (TPSA) is 66.8 Å². The summed E-state index contributed by atoms with van der Waals surface area (Å²) < 4.78 is 5.91. The van der Waals surface area contributed by atoms with E-state index in [0.29, 0.717) is 12.3 Å². The molecule has 4 fully saturated rings. The van der Waals surface area contributed by atoms with Crippen molar-refractivity contribution in [2.75, 3.05) is 0 Å². The first kappa shape index (κ1) is 9.42. The molecule has 0 radical (unpaired) electrons. The second-order valence-electron chi connectivity index (χ2n) is 6.00. The van der Waals surface area contributed by atoms with Crippen LogP contribution in [0.25, 0.3) is 0 Å². The Morgan fingerprint density at radius 2 is 2.06 bits per heavy atom. The lowest BCUT2D eigenvalue weighted by Gasteiger charge is -2.32. The summed E-state index contributed by atoms with van der Waals surface area (Å²) in [6.07, 6.45) is 2.94. The van der Waals surface area contributed by atoms with Gasteiger partial charge in [0.2, 0.25) is 0 Å². The van der Waals surface area contributed by atoms with Crippen molar-refractivity contribution >= 4 is 5.97 Å². The number of hydrogen-bond acceptors (Lipinski definition) is 3. The summed E-state index contributed by atoms with van der Waals surface area (Å²) in [6.45, 7) is 0. The minimum atomic E-state index is -0.689. The monoisotopic (exact) mass is 224 g/mol. The fourth-order valence-corrected chi connectivity index (χ4v) is 4.49. The molecule has 3 aliphatic carbocycles. The molecule has 4 nitrogen and oxygen atoms in total. The summed E-state index contributed by atoms with van der Waals surface area (Å²) in [5, 5.41) is 19.6. The van der Waals surface area contributed by atoms with Crippen molar-refractivity contribution in [3.63, 3.8) is 0 Å². The van der Waals surface area contributed by atoms with Gasteiger partial charge in [-0.05, 0) is 37.5 Å². The van der Waals surface area contributed by atoms with Crippen LogP contribution in [-0.4, -0.2) is 34.5 Å². The highest BCUT2D eigenvalue weighted by Crippen LogP contribution is 2.67. The Bertz CT molecular complexity index is 364. The van der Waals surface area contributed by atoms with Gasteiger partial charge in [-0.1, -0.05) is 0 Å². The number of hydrogen-bond donors (Lipinski definition) is 2. The Hall–Kier alpha value is -0.610. The van der Waals surface area contributed by atoms with E-state index in [4.69, 9.17) is 4.74 Å². The zero-order chi connectivity index (χ0) is 11.1. The van der Waals surface area contributed by atoms with Gasteiger partial charge >= 0.3 is 5.97 Å². The maximum atomic E-state index is 11.7. The third kappa shape index (κ3) is 0.843. The van der Waals surface area contributed by atoms with E-state index in [0.717, 1.165) is 19.3 Å². The van der Waals surface area contributed by atoms with E-state index in [1.54, 1.807) is 0 Å². The van der Waals surface area contributed by atoms with Crippen molar-refractivity contribution in [1.82, 2.24) is 0 Å². The van der Waals surface area contributed by atoms with Crippen molar-refractivity contribution in [1.29, 1.82) is 0 Å². The predicted molar refractivity (Wildman–Crippen MR) is 53.7 cm³/mol. The molecule has 0 amide bonds. The second kappa shape index (κ2) is 2.62. The normalized spacial score (nSPS) is 58.2. The molecule has 1 aliphatic heterocycles. The highest BCUT2D eigenvalue weighted by molar-refractivity contribution is 5.78. The number of carboxylic acid groups (broad SMARTS) is 1. The van der Waals surface area contributed by atoms with E-state index in [1.165, 1.54) is 0 Å². The number of ether oxygens (including phenoxy) is 1. The summed E-state index contributed by atoms with van der Waals surface area (Å²) >= 11 is 0. The number of rotatable bonds is 2. The molecule has 1 saturated heterocycles. The third-order valence-electron chi connectivity index (χ3n) is 5.29. The molecule has 2 bridgehead atoms. The highest BCUT2D eigenvalue weighted by atomic mass is 16.5. The molecule has 0 aromatic rings. The van der Waals surface area contributed by atoms with Crippen LogP contribution in [0.2, 0.25) is 0 Å². The number of aliphatic carboxylic acids is 1. The number of aliphatic hydroxyl groups is 1. The summed E-state index contributed by atoms with van der Waals surface area (Å²) in [6, 6.07) is 0. The molecule has 2 N–H and O–H groups in total.